The van der Waals surface area contributed by atoms with Gasteiger partial charge in [0, 0.05) is 16.1 Å². The van der Waals surface area contributed by atoms with Crippen LogP contribution in [0.15, 0.2) is 6.07 Å². The Balaban J connectivity index is 3.43. The van der Waals surface area contributed by atoms with Crippen LogP contribution >= 0.6 is 11.6 Å². The van der Waals surface area contributed by atoms with Crippen molar-refractivity contribution in [2.24, 2.45) is 5.73 Å². The second-order valence-corrected chi connectivity index (χ2v) is 4.18. The molecule has 0 saturated heterocycles. The van der Waals surface area contributed by atoms with E-state index in [0.717, 1.165) is 16.9 Å². The summed E-state index contributed by atoms with van der Waals surface area (Å²) in [4.78, 5) is 0. The topological polar surface area (TPSA) is 44.5 Å². The first-order valence-corrected chi connectivity index (χ1v) is 5.55. The average molecular weight is 244 g/mol. The first-order chi connectivity index (χ1) is 7.56. The number of benzene rings is 1. The molecule has 0 heterocycles. The van der Waals surface area contributed by atoms with E-state index in [1.54, 1.807) is 14.2 Å². The number of ether oxygens (including phenoxy) is 2. The fraction of sp³-hybridized carbons (Fsp3) is 0.500. The van der Waals surface area contributed by atoms with Gasteiger partial charge in [-0.2, -0.15) is 0 Å². The number of hydrogen-bond acceptors (Lipinski definition) is 3. The van der Waals surface area contributed by atoms with E-state index in [0.29, 0.717) is 17.3 Å². The quantitative estimate of drug-likeness (QED) is 0.885. The van der Waals surface area contributed by atoms with Crippen LogP contribution in [-0.4, -0.2) is 20.8 Å². The number of halogens is 1. The van der Waals surface area contributed by atoms with Crippen molar-refractivity contribution in [3.8, 4) is 11.5 Å². The molecular weight excluding hydrogens is 226 g/mol. The zero-order valence-corrected chi connectivity index (χ0v) is 10.9. The van der Waals surface area contributed by atoms with Crippen molar-refractivity contribution in [2.75, 3.05) is 20.8 Å². The van der Waals surface area contributed by atoms with Gasteiger partial charge >= 0.3 is 0 Å². The molecule has 4 heteroatoms. The van der Waals surface area contributed by atoms with Gasteiger partial charge in [-0.3, -0.25) is 0 Å². The zero-order chi connectivity index (χ0) is 12.3. The van der Waals surface area contributed by atoms with Crippen LogP contribution in [0.5, 0.6) is 11.5 Å². The van der Waals surface area contributed by atoms with Crippen LogP contribution in [0.3, 0.4) is 0 Å². The summed E-state index contributed by atoms with van der Waals surface area (Å²) >= 11 is 6.15. The van der Waals surface area contributed by atoms with Crippen LogP contribution in [0.4, 0.5) is 0 Å². The van der Waals surface area contributed by atoms with Crippen molar-refractivity contribution in [1.82, 2.24) is 0 Å². The van der Waals surface area contributed by atoms with Crippen molar-refractivity contribution in [2.45, 2.75) is 19.8 Å². The van der Waals surface area contributed by atoms with Crippen molar-refractivity contribution >= 4 is 11.6 Å². The molecule has 0 amide bonds. The second-order valence-electron chi connectivity index (χ2n) is 3.78. The number of methoxy groups -OCH3 is 2. The van der Waals surface area contributed by atoms with E-state index in [1.165, 1.54) is 0 Å². The second kappa shape index (κ2) is 5.41. The molecule has 0 bridgehead atoms. The molecule has 0 aliphatic heterocycles. The summed E-state index contributed by atoms with van der Waals surface area (Å²) in [6.07, 6.45) is 0. The maximum Gasteiger partial charge on any atom is 0.165 e. The number of rotatable bonds is 4. The third kappa shape index (κ3) is 2.25. The molecule has 16 heavy (non-hydrogen) atoms. The Labute approximate surface area is 101 Å². The Morgan fingerprint density at radius 1 is 1.31 bits per heavy atom. The largest absolute Gasteiger partial charge is 0.493 e. The standard InChI is InChI=1S/C12H18ClNO2/c1-7(6-14)9-5-10(13)8(2)11(15-3)12(9)16-4/h5,7H,6,14H2,1-4H3. The van der Waals surface area contributed by atoms with Crippen LogP contribution in [0.1, 0.15) is 24.0 Å². The van der Waals surface area contributed by atoms with Crippen LogP contribution in [-0.2, 0) is 0 Å². The fourth-order valence-corrected chi connectivity index (χ4v) is 1.87. The normalized spacial score (nSPS) is 12.4. The molecule has 90 valence electrons. The summed E-state index contributed by atoms with van der Waals surface area (Å²) in [6.45, 7) is 4.47. The van der Waals surface area contributed by atoms with Gasteiger partial charge in [0.1, 0.15) is 0 Å². The minimum Gasteiger partial charge on any atom is -0.493 e. The van der Waals surface area contributed by atoms with E-state index in [2.05, 4.69) is 0 Å². The molecule has 0 spiro atoms. The highest BCUT2D eigenvalue weighted by molar-refractivity contribution is 6.31. The van der Waals surface area contributed by atoms with E-state index in [4.69, 9.17) is 26.8 Å². The van der Waals surface area contributed by atoms with Crippen LogP contribution in [0.25, 0.3) is 0 Å². The summed E-state index contributed by atoms with van der Waals surface area (Å²) in [7, 11) is 3.23. The highest BCUT2D eigenvalue weighted by Crippen LogP contribution is 2.41. The Morgan fingerprint density at radius 2 is 1.88 bits per heavy atom. The first kappa shape index (κ1) is 13.1. The molecule has 0 aliphatic rings. The van der Waals surface area contributed by atoms with Gasteiger partial charge in [0.05, 0.1) is 14.2 Å². The Kier molecular flexibility index (Phi) is 4.44. The molecule has 3 nitrogen and oxygen atoms in total. The summed E-state index contributed by atoms with van der Waals surface area (Å²) < 4.78 is 10.7. The molecule has 0 saturated carbocycles. The Morgan fingerprint density at radius 3 is 2.31 bits per heavy atom. The van der Waals surface area contributed by atoms with Gasteiger partial charge in [-0.25, -0.2) is 0 Å². The van der Waals surface area contributed by atoms with E-state index < -0.39 is 0 Å². The van der Waals surface area contributed by atoms with E-state index in [9.17, 15) is 0 Å². The van der Waals surface area contributed by atoms with Crippen LogP contribution in [0, 0.1) is 6.92 Å². The zero-order valence-electron chi connectivity index (χ0n) is 10.1. The monoisotopic (exact) mass is 243 g/mol. The SMILES string of the molecule is COc1c(C(C)CN)cc(Cl)c(C)c1OC. The van der Waals surface area contributed by atoms with Crippen molar-refractivity contribution < 1.29 is 9.47 Å². The Bertz CT molecular complexity index is 380. The van der Waals surface area contributed by atoms with E-state index >= 15 is 0 Å². The average Bonchev–Trinajstić information content (AvgIpc) is 2.30. The van der Waals surface area contributed by atoms with Crippen LogP contribution in [0.2, 0.25) is 5.02 Å². The smallest absolute Gasteiger partial charge is 0.165 e. The summed E-state index contributed by atoms with van der Waals surface area (Å²) in [6, 6.07) is 1.90. The lowest BCUT2D eigenvalue weighted by Crippen LogP contribution is -2.11. The fourth-order valence-electron chi connectivity index (χ4n) is 1.67. The highest BCUT2D eigenvalue weighted by Gasteiger charge is 2.19. The molecule has 1 aromatic rings. The molecule has 1 unspecified atom stereocenters. The van der Waals surface area contributed by atoms with Gasteiger partial charge < -0.3 is 15.2 Å². The number of nitrogens with two attached hydrogens (primary N) is 1. The van der Waals surface area contributed by atoms with Gasteiger partial charge in [-0.1, -0.05) is 18.5 Å². The molecule has 0 radical (unpaired) electrons. The lowest BCUT2D eigenvalue weighted by Gasteiger charge is -2.19. The molecule has 1 rings (SSSR count). The summed E-state index contributed by atoms with van der Waals surface area (Å²) in [5.74, 6) is 1.59. The van der Waals surface area contributed by atoms with Gasteiger partial charge in [0.25, 0.3) is 0 Å². The maximum atomic E-state index is 6.15. The molecule has 1 aromatic carbocycles. The maximum absolute atomic E-state index is 6.15. The van der Waals surface area contributed by atoms with E-state index in [-0.39, 0.29) is 5.92 Å². The molecular formula is C12H18ClNO2. The highest BCUT2D eigenvalue weighted by atomic mass is 35.5. The van der Waals surface area contributed by atoms with Crippen molar-refractivity contribution in [3.63, 3.8) is 0 Å². The third-order valence-electron chi connectivity index (χ3n) is 2.74. The Hall–Kier alpha value is -0.930. The predicted molar refractivity (Wildman–Crippen MR) is 66.8 cm³/mol. The minimum absolute atomic E-state index is 0.182. The van der Waals surface area contributed by atoms with Gasteiger partial charge in [0.2, 0.25) is 0 Å². The molecule has 0 fully saturated rings. The van der Waals surface area contributed by atoms with E-state index in [1.807, 2.05) is 19.9 Å². The van der Waals surface area contributed by atoms with Crippen molar-refractivity contribution in [3.05, 3.63) is 22.2 Å². The van der Waals surface area contributed by atoms with Crippen LogP contribution < -0.4 is 15.2 Å². The summed E-state index contributed by atoms with van der Waals surface area (Å²) in [5.41, 5.74) is 7.53. The van der Waals surface area contributed by atoms with Gasteiger partial charge in [-0.05, 0) is 25.5 Å². The van der Waals surface area contributed by atoms with Crippen molar-refractivity contribution in [1.29, 1.82) is 0 Å². The first-order valence-electron chi connectivity index (χ1n) is 5.17. The van der Waals surface area contributed by atoms with Gasteiger partial charge in [-0.15, -0.1) is 0 Å². The minimum atomic E-state index is 0.182. The molecule has 2 N–H and O–H groups in total. The lowest BCUT2D eigenvalue weighted by atomic mass is 9.98. The summed E-state index contributed by atoms with van der Waals surface area (Å²) in [5, 5.41) is 0.674. The lowest BCUT2D eigenvalue weighted by molar-refractivity contribution is 0.348. The third-order valence-corrected chi connectivity index (χ3v) is 3.13. The number of hydrogen-bond donors (Lipinski definition) is 1. The van der Waals surface area contributed by atoms with Gasteiger partial charge in [0.15, 0.2) is 11.5 Å². The molecule has 1 atom stereocenters. The molecule has 0 aliphatic carbocycles. The molecule has 0 aromatic heterocycles. The predicted octanol–water partition coefficient (Wildman–Crippen LogP) is 2.73.